The summed E-state index contributed by atoms with van der Waals surface area (Å²) in [5.41, 5.74) is 0. The number of hydrogen-bond donors (Lipinski definition) is 9. The fourth-order valence-corrected chi connectivity index (χ4v) is 3.16. The normalized spacial score (nSPS) is 40.3. The predicted octanol–water partition coefficient (Wildman–Crippen LogP) is -3.74. The summed E-state index contributed by atoms with van der Waals surface area (Å²) >= 11 is 0. The second-order valence-electron chi connectivity index (χ2n) is 7.41. The highest BCUT2D eigenvalue weighted by Crippen LogP contribution is 2.35. The van der Waals surface area contributed by atoms with E-state index in [-0.39, 0.29) is 0 Å². The fourth-order valence-electron chi connectivity index (χ4n) is 3.16. The van der Waals surface area contributed by atoms with Crippen LogP contribution in [0.25, 0.3) is 0 Å². The smallest absolute Gasteiger partial charge is 0.303 e. The lowest BCUT2D eigenvalue weighted by molar-refractivity contribution is -0.383. The van der Waals surface area contributed by atoms with Gasteiger partial charge in [0.15, 0.2) is 6.29 Å². The zero-order valence-corrected chi connectivity index (χ0v) is 17.2. The maximum absolute atomic E-state index is 10.00. The quantitative estimate of drug-likeness (QED) is 0.152. The van der Waals surface area contributed by atoms with E-state index in [1.165, 1.54) is 0 Å². The largest absolute Gasteiger partial charge is 0.481 e. The third-order valence-electron chi connectivity index (χ3n) is 5.06. The van der Waals surface area contributed by atoms with E-state index in [2.05, 4.69) is 6.92 Å². The molecule has 13 heteroatoms. The summed E-state index contributed by atoms with van der Waals surface area (Å²) in [6.07, 6.45) is -9.38. The SMILES string of the molecule is CCCCCC(=O)O.OCC1OC(OC2(CO)OC(CO)C(O)C2O)C(O)C(O)C1O. The molecule has 0 aromatic rings. The van der Waals surface area contributed by atoms with Gasteiger partial charge in [-0.05, 0) is 6.42 Å². The topological polar surface area (TPSA) is 227 Å². The van der Waals surface area contributed by atoms with Crippen molar-refractivity contribution in [2.75, 3.05) is 19.8 Å². The van der Waals surface area contributed by atoms with Crippen LogP contribution in [0.5, 0.6) is 0 Å². The standard InChI is InChI=1S/C12H22O11.C6H12O2/c13-1-4-6(16)8(18)9(19)11(21-4)23-12(3-15)10(20)7(17)5(2-14)22-12;1-2-3-4-5-6(7)8/h4-11,13-20H,1-3H2;2-5H2,1H3,(H,7,8). The predicted molar refractivity (Wildman–Crippen MR) is 100 cm³/mol. The first-order chi connectivity index (χ1) is 14.6. The third kappa shape index (κ3) is 7.00. The molecule has 0 aliphatic carbocycles. The minimum absolute atomic E-state index is 0.327. The van der Waals surface area contributed by atoms with Gasteiger partial charge >= 0.3 is 5.97 Å². The molecule has 184 valence electrons. The second-order valence-corrected chi connectivity index (χ2v) is 7.41. The fraction of sp³-hybridized carbons (Fsp3) is 0.944. The molecule has 0 aromatic heterocycles. The number of carbonyl (C=O) groups is 1. The molecule has 0 bridgehead atoms. The van der Waals surface area contributed by atoms with Crippen LogP contribution >= 0.6 is 0 Å². The Bertz CT molecular complexity index is 533. The number of carboxylic acid groups (broad SMARTS) is 1. The molecule has 2 saturated heterocycles. The Hall–Kier alpha value is -0.970. The van der Waals surface area contributed by atoms with Gasteiger partial charge in [0.25, 0.3) is 0 Å². The summed E-state index contributed by atoms with van der Waals surface area (Å²) < 4.78 is 15.4. The van der Waals surface area contributed by atoms with E-state index < -0.39 is 80.6 Å². The number of aliphatic hydroxyl groups excluding tert-OH is 8. The number of aliphatic carboxylic acids is 1. The van der Waals surface area contributed by atoms with Crippen molar-refractivity contribution >= 4 is 5.97 Å². The molecular formula is C18H34O13. The summed E-state index contributed by atoms with van der Waals surface area (Å²) in [7, 11) is 0. The average Bonchev–Trinajstić information content (AvgIpc) is 2.99. The molecule has 0 amide bonds. The number of ether oxygens (including phenoxy) is 3. The molecular weight excluding hydrogens is 424 g/mol. The first-order valence-corrected chi connectivity index (χ1v) is 10.0. The summed E-state index contributed by atoms with van der Waals surface area (Å²) in [6.45, 7) is -0.265. The van der Waals surface area contributed by atoms with E-state index in [0.717, 1.165) is 19.3 Å². The van der Waals surface area contributed by atoms with Crippen molar-refractivity contribution in [1.29, 1.82) is 0 Å². The maximum atomic E-state index is 10.00. The van der Waals surface area contributed by atoms with Gasteiger partial charge in [0.1, 0.15) is 49.3 Å². The van der Waals surface area contributed by atoms with Crippen LogP contribution in [0.15, 0.2) is 0 Å². The first-order valence-electron chi connectivity index (χ1n) is 10.0. The minimum Gasteiger partial charge on any atom is -0.481 e. The van der Waals surface area contributed by atoms with E-state index >= 15 is 0 Å². The van der Waals surface area contributed by atoms with E-state index in [0.29, 0.717) is 6.42 Å². The summed E-state index contributed by atoms with van der Waals surface area (Å²) in [6, 6.07) is 0. The Morgan fingerprint density at radius 2 is 1.52 bits per heavy atom. The average molecular weight is 458 g/mol. The highest BCUT2D eigenvalue weighted by molar-refractivity contribution is 5.66. The Balaban J connectivity index is 0.000000512. The molecule has 0 aromatic carbocycles. The van der Waals surface area contributed by atoms with Crippen LogP contribution in [-0.2, 0) is 19.0 Å². The molecule has 9 N–H and O–H groups in total. The Kier molecular flexibility index (Phi) is 11.7. The van der Waals surface area contributed by atoms with Crippen molar-refractivity contribution < 1.29 is 65.0 Å². The maximum Gasteiger partial charge on any atom is 0.303 e. The van der Waals surface area contributed by atoms with Crippen LogP contribution in [-0.4, -0.2) is 127 Å². The Morgan fingerprint density at radius 3 is 1.97 bits per heavy atom. The lowest BCUT2D eigenvalue weighted by Crippen LogP contribution is -2.62. The number of carboxylic acids is 1. The van der Waals surface area contributed by atoms with E-state index in [1.807, 2.05) is 0 Å². The Labute approximate surface area is 179 Å². The molecule has 31 heavy (non-hydrogen) atoms. The molecule has 0 radical (unpaired) electrons. The van der Waals surface area contributed by atoms with Crippen LogP contribution in [0.3, 0.4) is 0 Å². The van der Waals surface area contributed by atoms with Crippen LogP contribution < -0.4 is 0 Å². The van der Waals surface area contributed by atoms with Crippen molar-refractivity contribution in [2.24, 2.45) is 0 Å². The van der Waals surface area contributed by atoms with Gasteiger partial charge in [-0.3, -0.25) is 4.79 Å². The van der Waals surface area contributed by atoms with Crippen molar-refractivity contribution in [3.63, 3.8) is 0 Å². The Morgan fingerprint density at radius 1 is 0.903 bits per heavy atom. The van der Waals surface area contributed by atoms with Crippen molar-refractivity contribution in [1.82, 2.24) is 0 Å². The lowest BCUT2D eigenvalue weighted by Gasteiger charge is -2.43. The molecule has 9 atom stereocenters. The zero-order chi connectivity index (χ0) is 23.8. The molecule has 2 rings (SSSR count). The summed E-state index contributed by atoms with van der Waals surface area (Å²) in [5, 5.41) is 84.8. The van der Waals surface area contributed by atoms with E-state index in [1.54, 1.807) is 0 Å². The molecule has 2 fully saturated rings. The van der Waals surface area contributed by atoms with Gasteiger partial charge in [0, 0.05) is 6.42 Å². The highest BCUT2D eigenvalue weighted by Gasteiger charge is 2.58. The molecule has 2 aliphatic rings. The van der Waals surface area contributed by atoms with Crippen molar-refractivity contribution in [3.05, 3.63) is 0 Å². The third-order valence-corrected chi connectivity index (χ3v) is 5.06. The van der Waals surface area contributed by atoms with Crippen molar-refractivity contribution in [2.45, 2.75) is 87.4 Å². The number of unbranched alkanes of at least 4 members (excludes halogenated alkanes) is 2. The van der Waals surface area contributed by atoms with Crippen molar-refractivity contribution in [3.8, 4) is 0 Å². The number of hydrogen-bond acceptors (Lipinski definition) is 12. The molecule has 9 unspecified atom stereocenters. The second kappa shape index (κ2) is 12.9. The van der Waals surface area contributed by atoms with Gasteiger partial charge in [-0.1, -0.05) is 19.8 Å². The first kappa shape index (κ1) is 28.1. The van der Waals surface area contributed by atoms with Gasteiger partial charge in [-0.2, -0.15) is 0 Å². The molecule has 13 nitrogen and oxygen atoms in total. The minimum atomic E-state index is -2.22. The van der Waals surface area contributed by atoms with Gasteiger partial charge in [0.2, 0.25) is 5.79 Å². The number of rotatable bonds is 9. The lowest BCUT2D eigenvalue weighted by atomic mass is 9.99. The van der Waals surface area contributed by atoms with E-state index in [9.17, 15) is 35.4 Å². The van der Waals surface area contributed by atoms with Crippen LogP contribution in [0, 0.1) is 0 Å². The molecule has 0 spiro atoms. The summed E-state index contributed by atoms with van der Waals surface area (Å²) in [4.78, 5) is 9.87. The molecule has 0 saturated carbocycles. The van der Waals surface area contributed by atoms with Crippen LogP contribution in [0.4, 0.5) is 0 Å². The zero-order valence-electron chi connectivity index (χ0n) is 17.2. The van der Waals surface area contributed by atoms with Crippen LogP contribution in [0.2, 0.25) is 0 Å². The van der Waals surface area contributed by atoms with Gasteiger partial charge in [-0.25, -0.2) is 0 Å². The number of aliphatic hydroxyl groups is 8. The monoisotopic (exact) mass is 458 g/mol. The van der Waals surface area contributed by atoms with Gasteiger partial charge < -0.3 is 60.2 Å². The summed E-state index contributed by atoms with van der Waals surface area (Å²) in [5.74, 6) is -2.90. The van der Waals surface area contributed by atoms with Crippen LogP contribution in [0.1, 0.15) is 32.6 Å². The highest BCUT2D eigenvalue weighted by atomic mass is 16.8. The van der Waals surface area contributed by atoms with Gasteiger partial charge in [0.05, 0.1) is 13.2 Å². The van der Waals surface area contributed by atoms with Gasteiger partial charge in [-0.15, -0.1) is 0 Å². The molecule has 2 aliphatic heterocycles. The van der Waals surface area contributed by atoms with E-state index in [4.69, 9.17) is 29.5 Å². The molecule has 2 heterocycles.